The van der Waals surface area contributed by atoms with Gasteiger partial charge in [-0.25, -0.2) is 9.97 Å². The van der Waals surface area contributed by atoms with E-state index in [0.29, 0.717) is 12.1 Å². The van der Waals surface area contributed by atoms with E-state index in [1.54, 1.807) is 18.5 Å². The quantitative estimate of drug-likeness (QED) is 0.813. The van der Waals surface area contributed by atoms with Crippen molar-refractivity contribution in [2.45, 2.75) is 37.8 Å². The van der Waals surface area contributed by atoms with Crippen LogP contribution in [0.3, 0.4) is 0 Å². The van der Waals surface area contributed by atoms with E-state index in [0.717, 1.165) is 12.8 Å². The average molecular weight is 207 g/mol. The van der Waals surface area contributed by atoms with Gasteiger partial charge in [0.2, 0.25) is 0 Å². The molecule has 0 atom stereocenters. The van der Waals surface area contributed by atoms with Crippen LogP contribution in [0.1, 0.15) is 25.7 Å². The molecule has 0 aliphatic heterocycles. The maximum absolute atomic E-state index is 5.70. The summed E-state index contributed by atoms with van der Waals surface area (Å²) < 4.78 is 5.70. The van der Waals surface area contributed by atoms with E-state index in [2.05, 4.69) is 15.3 Å². The maximum Gasteiger partial charge on any atom is 0.316 e. The van der Waals surface area contributed by atoms with Gasteiger partial charge in [-0.3, -0.25) is 0 Å². The summed E-state index contributed by atoms with van der Waals surface area (Å²) in [6, 6.07) is 2.96. The zero-order valence-electron chi connectivity index (χ0n) is 9.02. The Bertz CT molecular complexity index is 283. The SMILES string of the molecule is CN[C@H]1CC[C@H](Oc2ncccn2)CC1. The van der Waals surface area contributed by atoms with Gasteiger partial charge in [0.25, 0.3) is 0 Å². The highest BCUT2D eigenvalue weighted by molar-refractivity contribution is 4.95. The Balaban J connectivity index is 1.82. The molecular formula is C11H17N3O. The second-order valence-electron chi connectivity index (χ2n) is 3.91. The molecule has 1 aromatic heterocycles. The van der Waals surface area contributed by atoms with Crippen molar-refractivity contribution in [1.82, 2.24) is 15.3 Å². The van der Waals surface area contributed by atoms with Crippen molar-refractivity contribution in [2.75, 3.05) is 7.05 Å². The summed E-state index contributed by atoms with van der Waals surface area (Å²) in [6.45, 7) is 0. The van der Waals surface area contributed by atoms with E-state index in [1.165, 1.54) is 12.8 Å². The second kappa shape index (κ2) is 5.07. The third kappa shape index (κ3) is 2.89. The predicted molar refractivity (Wildman–Crippen MR) is 57.8 cm³/mol. The highest BCUT2D eigenvalue weighted by atomic mass is 16.5. The lowest BCUT2D eigenvalue weighted by Crippen LogP contribution is -2.34. The van der Waals surface area contributed by atoms with E-state index in [-0.39, 0.29) is 6.10 Å². The highest BCUT2D eigenvalue weighted by Crippen LogP contribution is 2.21. The first kappa shape index (κ1) is 10.4. The number of rotatable bonds is 3. The van der Waals surface area contributed by atoms with Crippen LogP contribution in [0, 0.1) is 0 Å². The lowest BCUT2D eigenvalue weighted by atomic mass is 9.93. The standard InChI is InChI=1S/C11H17N3O/c1-12-9-3-5-10(6-4-9)15-11-13-7-2-8-14-11/h2,7-10,12H,3-6H2,1H3/t9-,10-. The molecule has 4 nitrogen and oxygen atoms in total. The van der Waals surface area contributed by atoms with Crippen LogP contribution in [-0.2, 0) is 0 Å². The first-order valence-electron chi connectivity index (χ1n) is 5.49. The largest absolute Gasteiger partial charge is 0.460 e. The Morgan fingerprint density at radius 2 is 1.87 bits per heavy atom. The fourth-order valence-corrected chi connectivity index (χ4v) is 1.96. The molecule has 15 heavy (non-hydrogen) atoms. The van der Waals surface area contributed by atoms with Gasteiger partial charge in [-0.2, -0.15) is 0 Å². The van der Waals surface area contributed by atoms with E-state index in [4.69, 9.17) is 4.74 Å². The Kier molecular flexibility index (Phi) is 3.50. The van der Waals surface area contributed by atoms with Crippen LogP contribution in [0.2, 0.25) is 0 Å². The van der Waals surface area contributed by atoms with Gasteiger partial charge >= 0.3 is 6.01 Å². The molecule has 1 aliphatic carbocycles. The second-order valence-corrected chi connectivity index (χ2v) is 3.91. The topological polar surface area (TPSA) is 47.0 Å². The van der Waals surface area contributed by atoms with Gasteiger partial charge in [-0.1, -0.05) is 0 Å². The van der Waals surface area contributed by atoms with Crippen LogP contribution in [0.15, 0.2) is 18.5 Å². The fraction of sp³-hybridized carbons (Fsp3) is 0.636. The van der Waals surface area contributed by atoms with Crippen molar-refractivity contribution in [3.8, 4) is 6.01 Å². The van der Waals surface area contributed by atoms with E-state index >= 15 is 0 Å². The lowest BCUT2D eigenvalue weighted by molar-refractivity contribution is 0.129. The molecule has 1 heterocycles. The molecule has 1 N–H and O–H groups in total. The van der Waals surface area contributed by atoms with Crippen LogP contribution < -0.4 is 10.1 Å². The first-order valence-corrected chi connectivity index (χ1v) is 5.49. The fourth-order valence-electron chi connectivity index (χ4n) is 1.96. The third-order valence-corrected chi connectivity index (χ3v) is 2.90. The minimum atomic E-state index is 0.289. The molecule has 1 fully saturated rings. The summed E-state index contributed by atoms with van der Waals surface area (Å²) in [5.41, 5.74) is 0. The van der Waals surface area contributed by atoms with E-state index in [9.17, 15) is 0 Å². The average Bonchev–Trinajstić information content (AvgIpc) is 2.31. The Labute approximate surface area is 90.1 Å². The maximum atomic E-state index is 5.70. The Morgan fingerprint density at radius 1 is 1.20 bits per heavy atom. The van der Waals surface area contributed by atoms with Gasteiger partial charge in [-0.15, -0.1) is 0 Å². The van der Waals surface area contributed by atoms with E-state index in [1.807, 2.05) is 7.05 Å². The van der Waals surface area contributed by atoms with Gasteiger partial charge in [-0.05, 0) is 38.8 Å². The van der Waals surface area contributed by atoms with Gasteiger partial charge in [0.15, 0.2) is 0 Å². The zero-order chi connectivity index (χ0) is 10.5. The van der Waals surface area contributed by atoms with Crippen molar-refractivity contribution in [2.24, 2.45) is 0 Å². The van der Waals surface area contributed by atoms with Crippen molar-refractivity contribution in [3.05, 3.63) is 18.5 Å². The number of hydrogen-bond donors (Lipinski definition) is 1. The van der Waals surface area contributed by atoms with Crippen LogP contribution in [0.4, 0.5) is 0 Å². The minimum Gasteiger partial charge on any atom is -0.460 e. The van der Waals surface area contributed by atoms with E-state index < -0.39 is 0 Å². The molecule has 0 amide bonds. The summed E-state index contributed by atoms with van der Waals surface area (Å²) in [7, 11) is 2.02. The number of hydrogen-bond acceptors (Lipinski definition) is 4. The van der Waals surface area contributed by atoms with Crippen LogP contribution in [-0.4, -0.2) is 29.2 Å². The van der Waals surface area contributed by atoms with Gasteiger partial charge < -0.3 is 10.1 Å². The molecule has 1 aliphatic rings. The molecule has 4 heteroatoms. The van der Waals surface area contributed by atoms with Crippen molar-refractivity contribution in [1.29, 1.82) is 0 Å². The Hall–Kier alpha value is -1.16. The molecule has 2 rings (SSSR count). The molecule has 0 bridgehead atoms. The number of nitrogens with zero attached hydrogens (tertiary/aromatic N) is 2. The van der Waals surface area contributed by atoms with Crippen molar-refractivity contribution in [3.63, 3.8) is 0 Å². The molecule has 0 spiro atoms. The minimum absolute atomic E-state index is 0.289. The molecule has 0 unspecified atom stereocenters. The smallest absolute Gasteiger partial charge is 0.316 e. The molecule has 1 saturated carbocycles. The van der Waals surface area contributed by atoms with Crippen LogP contribution >= 0.6 is 0 Å². The molecule has 1 aromatic rings. The summed E-state index contributed by atoms with van der Waals surface area (Å²) in [4.78, 5) is 8.13. The summed E-state index contributed by atoms with van der Waals surface area (Å²) in [5, 5.41) is 3.30. The van der Waals surface area contributed by atoms with Crippen LogP contribution in [0.25, 0.3) is 0 Å². The highest BCUT2D eigenvalue weighted by Gasteiger charge is 2.21. The molecule has 0 aromatic carbocycles. The van der Waals surface area contributed by atoms with Gasteiger partial charge in [0, 0.05) is 18.4 Å². The molecular weight excluding hydrogens is 190 g/mol. The molecule has 82 valence electrons. The number of ether oxygens (including phenoxy) is 1. The van der Waals surface area contributed by atoms with Gasteiger partial charge in [0.05, 0.1) is 0 Å². The molecule has 0 radical (unpaired) electrons. The van der Waals surface area contributed by atoms with Crippen molar-refractivity contribution >= 4 is 0 Å². The first-order chi connectivity index (χ1) is 7.38. The van der Waals surface area contributed by atoms with Crippen molar-refractivity contribution < 1.29 is 4.74 Å². The normalized spacial score (nSPS) is 26.2. The summed E-state index contributed by atoms with van der Waals surface area (Å²) in [5.74, 6) is 0. The third-order valence-electron chi connectivity index (χ3n) is 2.90. The number of nitrogens with one attached hydrogen (secondary N) is 1. The Morgan fingerprint density at radius 3 is 2.47 bits per heavy atom. The zero-order valence-corrected chi connectivity index (χ0v) is 9.02. The summed E-state index contributed by atoms with van der Waals surface area (Å²) >= 11 is 0. The monoisotopic (exact) mass is 207 g/mol. The molecule has 0 saturated heterocycles. The van der Waals surface area contributed by atoms with Gasteiger partial charge in [0.1, 0.15) is 6.10 Å². The predicted octanol–water partition coefficient (Wildman–Crippen LogP) is 1.39. The lowest BCUT2D eigenvalue weighted by Gasteiger charge is -2.27. The van der Waals surface area contributed by atoms with Crippen LogP contribution in [0.5, 0.6) is 6.01 Å². The number of aromatic nitrogens is 2. The summed E-state index contributed by atoms with van der Waals surface area (Å²) in [6.07, 6.45) is 8.23.